The molecule has 0 radical (unpaired) electrons. The Morgan fingerprint density at radius 1 is 1.00 bits per heavy atom. The Balaban J connectivity index is 2.21. The Bertz CT molecular complexity index is 529. The number of carbonyl (C=O) groups is 3. The van der Waals surface area contributed by atoms with Crippen LogP contribution in [0.5, 0.6) is 0 Å². The maximum atomic E-state index is 12.7. The van der Waals surface area contributed by atoms with Crippen LogP contribution >= 0.6 is 0 Å². The zero-order valence-electron chi connectivity index (χ0n) is 12.6. The van der Waals surface area contributed by atoms with Crippen LogP contribution in [0.15, 0.2) is 24.3 Å². The second kappa shape index (κ2) is 8.76. The maximum absolute atomic E-state index is 12.7. The summed E-state index contributed by atoms with van der Waals surface area (Å²) in [5.41, 5.74) is 0.276. The molecule has 0 spiro atoms. The quantitative estimate of drug-likeness (QED) is 0.639. The summed E-state index contributed by atoms with van der Waals surface area (Å²) < 4.78 is 12.7. The predicted molar refractivity (Wildman–Crippen MR) is 79.6 cm³/mol. The Morgan fingerprint density at radius 2 is 1.59 bits per heavy atom. The molecule has 0 unspecified atom stereocenters. The van der Waals surface area contributed by atoms with Crippen molar-refractivity contribution in [1.29, 1.82) is 0 Å². The largest absolute Gasteiger partial charge is 0.354 e. The highest BCUT2D eigenvalue weighted by Gasteiger charge is 2.08. The number of nitrogens with one attached hydrogen (secondary N) is 3. The highest BCUT2D eigenvalue weighted by molar-refractivity contribution is 5.96. The standard InChI is InChI=1S/C15H20FN3O3/c1-10(2)14(21)18-8-7-17-13(20)9-19-15(22)11-3-5-12(16)6-4-11/h3-6,10H,7-9H2,1-2H3,(H,17,20)(H,18,21)(H,19,22). The van der Waals surface area contributed by atoms with E-state index >= 15 is 0 Å². The first kappa shape index (κ1) is 17.6. The van der Waals surface area contributed by atoms with E-state index in [1.807, 2.05) is 0 Å². The highest BCUT2D eigenvalue weighted by atomic mass is 19.1. The lowest BCUT2D eigenvalue weighted by atomic mass is 10.2. The van der Waals surface area contributed by atoms with Gasteiger partial charge in [-0.25, -0.2) is 4.39 Å². The Kier molecular flexibility index (Phi) is 7.01. The molecule has 120 valence electrons. The van der Waals surface area contributed by atoms with Crippen molar-refractivity contribution in [2.75, 3.05) is 19.6 Å². The number of hydrogen-bond donors (Lipinski definition) is 3. The van der Waals surface area contributed by atoms with Crippen molar-refractivity contribution in [1.82, 2.24) is 16.0 Å². The van der Waals surface area contributed by atoms with E-state index in [9.17, 15) is 18.8 Å². The molecule has 7 heteroatoms. The average molecular weight is 309 g/mol. The molecule has 0 aromatic heterocycles. The van der Waals surface area contributed by atoms with Gasteiger partial charge in [-0.1, -0.05) is 13.8 Å². The molecule has 3 N–H and O–H groups in total. The molecule has 0 heterocycles. The Labute approximate surface area is 128 Å². The minimum atomic E-state index is -0.455. The van der Waals surface area contributed by atoms with Crippen LogP contribution in [0.4, 0.5) is 4.39 Å². The molecule has 1 aromatic carbocycles. The number of halogens is 1. The van der Waals surface area contributed by atoms with Crippen molar-refractivity contribution in [3.05, 3.63) is 35.6 Å². The second-order valence-corrected chi connectivity index (χ2v) is 4.99. The van der Waals surface area contributed by atoms with Crippen molar-refractivity contribution < 1.29 is 18.8 Å². The summed E-state index contributed by atoms with van der Waals surface area (Å²) in [6.07, 6.45) is 0. The first-order valence-electron chi connectivity index (χ1n) is 6.98. The molecule has 0 saturated heterocycles. The molecule has 6 nitrogen and oxygen atoms in total. The summed E-state index contributed by atoms with van der Waals surface area (Å²) in [6, 6.07) is 5.02. The Hall–Kier alpha value is -2.44. The summed E-state index contributed by atoms with van der Waals surface area (Å²) in [5.74, 6) is -1.44. The van der Waals surface area contributed by atoms with Gasteiger partial charge in [0.25, 0.3) is 5.91 Å². The molecule has 0 atom stereocenters. The van der Waals surface area contributed by atoms with Gasteiger partial charge in [0.05, 0.1) is 6.54 Å². The third-order valence-corrected chi connectivity index (χ3v) is 2.79. The number of benzene rings is 1. The third-order valence-electron chi connectivity index (χ3n) is 2.79. The van der Waals surface area contributed by atoms with Gasteiger partial charge in [0.15, 0.2) is 0 Å². The van der Waals surface area contributed by atoms with Crippen LogP contribution in [0.3, 0.4) is 0 Å². The van der Waals surface area contributed by atoms with E-state index in [2.05, 4.69) is 16.0 Å². The van der Waals surface area contributed by atoms with Gasteiger partial charge < -0.3 is 16.0 Å². The summed E-state index contributed by atoms with van der Waals surface area (Å²) >= 11 is 0. The van der Waals surface area contributed by atoms with Crippen LogP contribution < -0.4 is 16.0 Å². The summed E-state index contributed by atoms with van der Waals surface area (Å²) in [6.45, 7) is 3.98. The van der Waals surface area contributed by atoms with Gasteiger partial charge in [0.2, 0.25) is 11.8 Å². The number of carbonyl (C=O) groups excluding carboxylic acids is 3. The first-order valence-corrected chi connectivity index (χ1v) is 6.98. The monoisotopic (exact) mass is 309 g/mol. The van der Waals surface area contributed by atoms with E-state index in [4.69, 9.17) is 0 Å². The molecular weight excluding hydrogens is 289 g/mol. The molecule has 22 heavy (non-hydrogen) atoms. The van der Waals surface area contributed by atoms with Gasteiger partial charge in [-0.3, -0.25) is 14.4 Å². The van der Waals surface area contributed by atoms with Gasteiger partial charge in [0.1, 0.15) is 5.82 Å². The zero-order valence-corrected chi connectivity index (χ0v) is 12.6. The normalized spacial score (nSPS) is 10.2. The van der Waals surface area contributed by atoms with Gasteiger partial charge >= 0.3 is 0 Å². The maximum Gasteiger partial charge on any atom is 0.251 e. The minimum Gasteiger partial charge on any atom is -0.354 e. The molecule has 0 aliphatic carbocycles. The lowest BCUT2D eigenvalue weighted by Gasteiger charge is -2.09. The van der Waals surface area contributed by atoms with Gasteiger partial charge in [0, 0.05) is 24.6 Å². The molecule has 3 amide bonds. The van der Waals surface area contributed by atoms with Gasteiger partial charge in [-0.15, -0.1) is 0 Å². The summed E-state index contributed by atoms with van der Waals surface area (Å²) in [5, 5.41) is 7.65. The van der Waals surface area contributed by atoms with Crippen LogP contribution in [0.25, 0.3) is 0 Å². The van der Waals surface area contributed by atoms with Gasteiger partial charge in [-0.2, -0.15) is 0 Å². The number of hydrogen-bond acceptors (Lipinski definition) is 3. The predicted octanol–water partition coefficient (Wildman–Crippen LogP) is 0.444. The fraction of sp³-hybridized carbons (Fsp3) is 0.400. The van der Waals surface area contributed by atoms with Crippen LogP contribution in [0.1, 0.15) is 24.2 Å². The SMILES string of the molecule is CC(C)C(=O)NCCNC(=O)CNC(=O)c1ccc(F)cc1. The van der Waals surface area contributed by atoms with Crippen LogP contribution in [-0.4, -0.2) is 37.4 Å². The zero-order chi connectivity index (χ0) is 16.5. The van der Waals surface area contributed by atoms with Crippen molar-refractivity contribution >= 4 is 17.7 Å². The second-order valence-electron chi connectivity index (χ2n) is 4.99. The smallest absolute Gasteiger partial charge is 0.251 e. The highest BCUT2D eigenvalue weighted by Crippen LogP contribution is 2.01. The van der Waals surface area contributed by atoms with Crippen LogP contribution in [-0.2, 0) is 9.59 Å². The van der Waals surface area contributed by atoms with E-state index in [1.54, 1.807) is 13.8 Å². The summed E-state index contributed by atoms with van der Waals surface area (Å²) in [4.78, 5) is 34.5. The van der Waals surface area contributed by atoms with E-state index in [-0.39, 0.29) is 36.4 Å². The molecule has 1 aromatic rings. The van der Waals surface area contributed by atoms with Gasteiger partial charge in [-0.05, 0) is 24.3 Å². The molecule has 0 fully saturated rings. The van der Waals surface area contributed by atoms with E-state index in [1.165, 1.54) is 24.3 Å². The lowest BCUT2D eigenvalue weighted by molar-refractivity contribution is -0.124. The third kappa shape index (κ3) is 6.34. The molecule has 0 aliphatic heterocycles. The summed E-state index contributed by atoms with van der Waals surface area (Å²) in [7, 11) is 0. The topological polar surface area (TPSA) is 87.3 Å². The fourth-order valence-electron chi connectivity index (χ4n) is 1.52. The van der Waals surface area contributed by atoms with E-state index in [0.29, 0.717) is 6.54 Å². The lowest BCUT2D eigenvalue weighted by Crippen LogP contribution is -2.41. The van der Waals surface area contributed by atoms with Crippen molar-refractivity contribution in [2.45, 2.75) is 13.8 Å². The molecule has 0 aliphatic rings. The van der Waals surface area contributed by atoms with Crippen molar-refractivity contribution in [2.24, 2.45) is 5.92 Å². The molecule has 1 rings (SSSR count). The molecule has 0 saturated carbocycles. The van der Waals surface area contributed by atoms with Crippen molar-refractivity contribution in [3.63, 3.8) is 0 Å². The minimum absolute atomic E-state index is 0.0844. The number of rotatable bonds is 7. The fourth-order valence-corrected chi connectivity index (χ4v) is 1.52. The first-order chi connectivity index (χ1) is 10.4. The van der Waals surface area contributed by atoms with Crippen molar-refractivity contribution in [3.8, 4) is 0 Å². The Morgan fingerprint density at radius 3 is 2.18 bits per heavy atom. The number of amides is 3. The van der Waals surface area contributed by atoms with E-state index < -0.39 is 11.7 Å². The molecule has 0 bridgehead atoms. The van der Waals surface area contributed by atoms with Crippen LogP contribution in [0, 0.1) is 11.7 Å². The van der Waals surface area contributed by atoms with Crippen LogP contribution in [0.2, 0.25) is 0 Å². The molecular formula is C15H20FN3O3. The van der Waals surface area contributed by atoms with E-state index in [0.717, 1.165) is 0 Å². The average Bonchev–Trinajstić information content (AvgIpc) is 2.49.